The van der Waals surface area contributed by atoms with Crippen LogP contribution < -0.4 is 5.32 Å². The number of carbonyl (C=O) groups excluding carboxylic acids is 1. The molecule has 1 amide bonds. The Hall–Kier alpha value is -2.43. The fourth-order valence-corrected chi connectivity index (χ4v) is 11.2. The van der Waals surface area contributed by atoms with E-state index in [-0.39, 0.29) is 12.5 Å². The van der Waals surface area contributed by atoms with Crippen molar-refractivity contribution in [2.75, 3.05) is 6.61 Å². The summed E-state index contributed by atoms with van der Waals surface area (Å²) < 4.78 is 0. The van der Waals surface area contributed by atoms with Gasteiger partial charge in [0.1, 0.15) is 0 Å². The third-order valence-electron chi connectivity index (χ3n) is 16.6. The molecule has 4 heteroatoms. The summed E-state index contributed by atoms with van der Waals surface area (Å²) in [5.74, 6) is -0.0593. The molecule has 0 aliphatic carbocycles. The van der Waals surface area contributed by atoms with E-state index in [9.17, 15) is 15.0 Å². The molecule has 0 radical (unpaired) electrons. The predicted molar refractivity (Wildman–Crippen MR) is 364 cm³/mol. The Bertz CT molecular complexity index is 1420. The Labute approximate surface area is 507 Å². The molecule has 2 unspecified atom stereocenters. The quantitative estimate of drug-likeness (QED) is 0.0420. The molecule has 472 valence electrons. The van der Waals surface area contributed by atoms with Crippen molar-refractivity contribution in [3.05, 3.63) is 85.1 Å². The zero-order valence-corrected chi connectivity index (χ0v) is 54.6. The van der Waals surface area contributed by atoms with Gasteiger partial charge in [-0.15, -0.1) is 0 Å². The van der Waals surface area contributed by atoms with Crippen molar-refractivity contribution in [2.45, 2.75) is 392 Å². The van der Waals surface area contributed by atoms with Gasteiger partial charge < -0.3 is 15.5 Å². The van der Waals surface area contributed by atoms with Crippen LogP contribution in [0.1, 0.15) is 380 Å². The Morgan fingerprint density at radius 3 is 0.815 bits per heavy atom. The van der Waals surface area contributed by atoms with Crippen molar-refractivity contribution in [1.82, 2.24) is 5.32 Å². The summed E-state index contributed by atoms with van der Waals surface area (Å²) in [5, 5.41) is 23.3. The Balaban J connectivity index is 3.45. The molecule has 0 aromatic carbocycles. The number of aliphatic hydroxyl groups is 2. The van der Waals surface area contributed by atoms with E-state index in [1.54, 1.807) is 6.08 Å². The lowest BCUT2D eigenvalue weighted by molar-refractivity contribution is -0.123. The largest absolute Gasteiger partial charge is 0.394 e. The van der Waals surface area contributed by atoms with Crippen molar-refractivity contribution in [2.24, 2.45) is 0 Å². The fourth-order valence-electron chi connectivity index (χ4n) is 11.2. The molecule has 81 heavy (non-hydrogen) atoms. The third kappa shape index (κ3) is 68.2. The minimum Gasteiger partial charge on any atom is -0.394 e. The van der Waals surface area contributed by atoms with E-state index >= 15 is 0 Å². The first-order valence-electron chi connectivity index (χ1n) is 36.3. The minimum absolute atomic E-state index is 0.0593. The second kappa shape index (κ2) is 71.8. The van der Waals surface area contributed by atoms with Crippen LogP contribution in [0.15, 0.2) is 85.1 Å². The van der Waals surface area contributed by atoms with Gasteiger partial charge in [0.2, 0.25) is 5.91 Å². The van der Waals surface area contributed by atoms with E-state index in [1.807, 2.05) is 6.08 Å². The molecule has 0 saturated heterocycles. The summed E-state index contributed by atoms with van der Waals surface area (Å²) in [6.45, 7) is 4.23. The third-order valence-corrected chi connectivity index (χ3v) is 16.6. The summed E-state index contributed by atoms with van der Waals surface area (Å²) in [6, 6.07) is -0.627. The number of aliphatic hydroxyl groups excluding tert-OH is 2. The average molecular weight is 1130 g/mol. The molecular weight excluding hydrogens is 987 g/mol. The lowest BCUT2D eigenvalue weighted by atomic mass is 10.0. The highest BCUT2D eigenvalue weighted by atomic mass is 16.3. The van der Waals surface area contributed by atoms with Gasteiger partial charge >= 0.3 is 0 Å². The molecular formula is C77H141NO3. The van der Waals surface area contributed by atoms with Crippen molar-refractivity contribution >= 4 is 5.91 Å². The van der Waals surface area contributed by atoms with E-state index < -0.39 is 12.1 Å². The van der Waals surface area contributed by atoms with Crippen molar-refractivity contribution in [1.29, 1.82) is 0 Å². The zero-order valence-electron chi connectivity index (χ0n) is 54.6. The van der Waals surface area contributed by atoms with E-state index in [0.29, 0.717) is 6.42 Å². The Morgan fingerprint density at radius 1 is 0.309 bits per heavy atom. The van der Waals surface area contributed by atoms with E-state index in [2.05, 4.69) is 92.1 Å². The smallest absolute Gasteiger partial charge is 0.220 e. The lowest BCUT2D eigenvalue weighted by Crippen LogP contribution is -2.45. The van der Waals surface area contributed by atoms with Crippen LogP contribution in [-0.2, 0) is 4.79 Å². The molecule has 2 atom stereocenters. The van der Waals surface area contributed by atoms with Crippen LogP contribution >= 0.6 is 0 Å². The van der Waals surface area contributed by atoms with Gasteiger partial charge in [-0.1, -0.05) is 388 Å². The standard InChI is InChI=1S/C77H141NO3/c1-3-5-7-9-11-13-15-17-19-21-23-25-27-29-31-33-35-37-38-39-40-41-43-45-47-49-51-53-55-57-59-61-63-65-67-69-71-73-77(81)78-75(74-79)76(80)72-70-68-66-64-62-60-58-56-54-52-50-48-46-44-42-36-34-32-30-28-26-24-22-20-18-16-14-12-10-8-6-4-2/h5,7,11,13,17,19,23,25,29,31,35,37,70,72,75-76,79-80H,3-4,6,8-10,12,14-16,18,20-22,24,26-28,30,32-34,36,38-69,71,73-74H2,1-2H3,(H,78,81)/b7-5-,13-11-,19-17-,25-23-,31-29-,37-35-,72-70+. The van der Waals surface area contributed by atoms with Crippen molar-refractivity contribution < 1.29 is 15.0 Å². The number of allylic oxidation sites excluding steroid dienone is 13. The minimum atomic E-state index is -0.844. The first kappa shape index (κ1) is 78.6. The van der Waals surface area contributed by atoms with Crippen LogP contribution in [-0.4, -0.2) is 34.9 Å². The molecule has 0 aromatic rings. The van der Waals surface area contributed by atoms with E-state index in [1.165, 1.54) is 295 Å². The number of rotatable bonds is 67. The molecule has 0 bridgehead atoms. The van der Waals surface area contributed by atoms with Gasteiger partial charge in [0.25, 0.3) is 0 Å². The highest BCUT2D eigenvalue weighted by molar-refractivity contribution is 5.76. The maximum Gasteiger partial charge on any atom is 0.220 e. The maximum absolute atomic E-state index is 12.6. The summed E-state index contributed by atoms with van der Waals surface area (Å²) in [5.41, 5.74) is 0. The molecule has 0 fully saturated rings. The lowest BCUT2D eigenvalue weighted by Gasteiger charge is -2.20. The van der Waals surface area contributed by atoms with Crippen molar-refractivity contribution in [3.63, 3.8) is 0 Å². The van der Waals surface area contributed by atoms with Crippen LogP contribution in [0.4, 0.5) is 0 Å². The van der Waals surface area contributed by atoms with E-state index in [4.69, 9.17) is 0 Å². The molecule has 3 N–H and O–H groups in total. The normalized spacial score (nSPS) is 13.2. The molecule has 0 aliphatic heterocycles. The highest BCUT2D eigenvalue weighted by Gasteiger charge is 2.18. The predicted octanol–water partition coefficient (Wildman–Crippen LogP) is 25.0. The number of nitrogens with one attached hydrogen (secondary N) is 1. The van der Waals surface area contributed by atoms with Crippen molar-refractivity contribution in [3.8, 4) is 0 Å². The first-order valence-corrected chi connectivity index (χ1v) is 36.3. The first-order chi connectivity index (χ1) is 40.2. The molecule has 0 spiro atoms. The van der Waals surface area contributed by atoms with E-state index in [0.717, 1.165) is 64.2 Å². The summed E-state index contributed by atoms with van der Waals surface area (Å²) >= 11 is 0. The average Bonchev–Trinajstić information content (AvgIpc) is 3.47. The van der Waals surface area contributed by atoms with Gasteiger partial charge in [0.05, 0.1) is 18.8 Å². The molecule has 0 heterocycles. The van der Waals surface area contributed by atoms with Crippen LogP contribution in [0.5, 0.6) is 0 Å². The summed E-state index contributed by atoms with van der Waals surface area (Å²) in [7, 11) is 0. The maximum atomic E-state index is 12.6. The van der Waals surface area contributed by atoms with Crippen LogP contribution in [0.2, 0.25) is 0 Å². The Kier molecular flexibility index (Phi) is 69.7. The van der Waals surface area contributed by atoms with Gasteiger partial charge in [0, 0.05) is 6.42 Å². The topological polar surface area (TPSA) is 69.6 Å². The number of amides is 1. The second-order valence-electron chi connectivity index (χ2n) is 24.6. The van der Waals surface area contributed by atoms with Gasteiger partial charge in [0.15, 0.2) is 0 Å². The van der Waals surface area contributed by atoms with Gasteiger partial charge in [-0.05, 0) is 70.6 Å². The number of carbonyl (C=O) groups is 1. The zero-order chi connectivity index (χ0) is 58.4. The Morgan fingerprint density at radius 2 is 0.543 bits per heavy atom. The van der Waals surface area contributed by atoms with Crippen LogP contribution in [0.3, 0.4) is 0 Å². The molecule has 0 aliphatic rings. The molecule has 0 saturated carbocycles. The summed E-state index contributed by atoms with van der Waals surface area (Å²) in [6.07, 6.45) is 105. The number of unbranched alkanes of at least 4 members (excludes halogenated alkanes) is 48. The van der Waals surface area contributed by atoms with Gasteiger partial charge in [-0.3, -0.25) is 4.79 Å². The van der Waals surface area contributed by atoms with Crippen LogP contribution in [0, 0.1) is 0 Å². The fraction of sp³-hybridized carbons (Fsp3) is 0.805. The SMILES string of the molecule is CC/C=C\C/C=C\C/C=C\C/C=C\C/C=C\C/C=C\CCCCCCCCCCCCCCCCCCCCC(=O)NC(CO)C(O)/C=C/CCCCCCCCCCCCCCCCCCCCCCCCCCCCCCCC. The highest BCUT2D eigenvalue weighted by Crippen LogP contribution is 2.19. The monoisotopic (exact) mass is 1130 g/mol. The van der Waals surface area contributed by atoms with Crippen LogP contribution in [0.25, 0.3) is 0 Å². The summed E-state index contributed by atoms with van der Waals surface area (Å²) in [4.78, 5) is 12.6. The number of hydrogen-bond donors (Lipinski definition) is 3. The molecule has 0 rings (SSSR count). The van der Waals surface area contributed by atoms with Gasteiger partial charge in [-0.2, -0.15) is 0 Å². The van der Waals surface area contributed by atoms with Gasteiger partial charge in [-0.25, -0.2) is 0 Å². The molecule has 4 nitrogen and oxygen atoms in total. The molecule has 0 aromatic heterocycles. The second-order valence-corrected chi connectivity index (χ2v) is 24.6. The number of hydrogen-bond acceptors (Lipinski definition) is 3.